The van der Waals surface area contributed by atoms with E-state index in [2.05, 4.69) is 27.4 Å². The number of nitrogens with zero attached hydrogens (tertiary/aromatic N) is 2. The van der Waals surface area contributed by atoms with Crippen molar-refractivity contribution in [1.82, 2.24) is 20.5 Å². The second-order valence-corrected chi connectivity index (χ2v) is 3.48. The Morgan fingerprint density at radius 2 is 2.40 bits per heavy atom. The predicted molar refractivity (Wildman–Crippen MR) is 55.1 cm³/mol. The van der Waals surface area contributed by atoms with Crippen molar-refractivity contribution in [2.24, 2.45) is 0 Å². The molecule has 2 aromatic rings. The highest BCUT2D eigenvalue weighted by Crippen LogP contribution is 2.15. The molecule has 0 bridgehead atoms. The Morgan fingerprint density at radius 1 is 1.53 bits per heavy atom. The normalized spacial score (nSPS) is 12.9. The lowest BCUT2D eigenvalue weighted by Gasteiger charge is -2.09. The van der Waals surface area contributed by atoms with E-state index >= 15 is 0 Å². The third-order valence-corrected chi connectivity index (χ3v) is 2.23. The summed E-state index contributed by atoms with van der Waals surface area (Å²) in [7, 11) is 0. The number of aryl methyl sites for hydroxylation is 1. The van der Waals surface area contributed by atoms with E-state index in [1.165, 1.54) is 6.33 Å². The minimum absolute atomic E-state index is 0.170. The lowest BCUT2D eigenvalue weighted by molar-refractivity contribution is 0.413. The van der Waals surface area contributed by atoms with E-state index in [1.807, 2.05) is 19.1 Å². The van der Waals surface area contributed by atoms with Crippen LogP contribution in [0.3, 0.4) is 0 Å². The van der Waals surface area contributed by atoms with Crippen LogP contribution in [0, 0.1) is 6.92 Å². The monoisotopic (exact) mass is 206 g/mol. The maximum atomic E-state index is 5.51. The molecule has 2 aromatic heterocycles. The van der Waals surface area contributed by atoms with E-state index in [4.69, 9.17) is 4.42 Å². The van der Waals surface area contributed by atoms with Crippen LogP contribution in [0.25, 0.3) is 0 Å². The Hall–Kier alpha value is -1.62. The average molecular weight is 206 g/mol. The first kappa shape index (κ1) is 9.92. The van der Waals surface area contributed by atoms with Crippen LogP contribution in [0.4, 0.5) is 0 Å². The molecule has 2 heterocycles. The SMILES string of the molecule is Cc1ccc(C(C)NCc2ncn[nH]2)o1. The van der Waals surface area contributed by atoms with Crippen LogP contribution in [0.2, 0.25) is 0 Å². The van der Waals surface area contributed by atoms with Crippen LogP contribution in [-0.2, 0) is 6.54 Å². The number of hydrogen-bond donors (Lipinski definition) is 2. The van der Waals surface area contributed by atoms with Crippen molar-refractivity contribution >= 4 is 0 Å². The molecule has 0 fully saturated rings. The first-order chi connectivity index (χ1) is 7.25. The van der Waals surface area contributed by atoms with Gasteiger partial charge in [0.05, 0.1) is 12.6 Å². The molecule has 0 aliphatic heterocycles. The number of aromatic amines is 1. The zero-order valence-electron chi connectivity index (χ0n) is 8.82. The Bertz CT molecular complexity index is 407. The molecular weight excluding hydrogens is 192 g/mol. The fraction of sp³-hybridized carbons (Fsp3) is 0.400. The molecule has 0 aromatic carbocycles. The summed E-state index contributed by atoms with van der Waals surface area (Å²) in [5, 5.41) is 9.86. The molecule has 0 saturated carbocycles. The fourth-order valence-electron chi connectivity index (χ4n) is 1.35. The van der Waals surface area contributed by atoms with Crippen LogP contribution in [0.1, 0.15) is 30.3 Å². The molecule has 80 valence electrons. The number of rotatable bonds is 4. The van der Waals surface area contributed by atoms with Crippen LogP contribution in [0.5, 0.6) is 0 Å². The zero-order chi connectivity index (χ0) is 10.7. The molecule has 0 radical (unpaired) electrons. The largest absolute Gasteiger partial charge is 0.465 e. The van der Waals surface area contributed by atoms with Crippen molar-refractivity contribution in [2.45, 2.75) is 26.4 Å². The zero-order valence-corrected chi connectivity index (χ0v) is 8.82. The smallest absolute Gasteiger partial charge is 0.138 e. The summed E-state index contributed by atoms with van der Waals surface area (Å²) in [6, 6.07) is 4.11. The number of aromatic nitrogens is 3. The topological polar surface area (TPSA) is 66.7 Å². The number of furan rings is 1. The van der Waals surface area contributed by atoms with Gasteiger partial charge in [0.1, 0.15) is 23.7 Å². The van der Waals surface area contributed by atoms with E-state index in [0.717, 1.165) is 17.3 Å². The van der Waals surface area contributed by atoms with Gasteiger partial charge in [-0.15, -0.1) is 0 Å². The van der Waals surface area contributed by atoms with Gasteiger partial charge in [0.2, 0.25) is 0 Å². The molecule has 0 saturated heterocycles. The second-order valence-electron chi connectivity index (χ2n) is 3.48. The summed E-state index contributed by atoms with van der Waals surface area (Å²) < 4.78 is 5.51. The van der Waals surface area contributed by atoms with Gasteiger partial charge in [0.25, 0.3) is 0 Å². The van der Waals surface area contributed by atoms with Gasteiger partial charge in [-0.2, -0.15) is 5.10 Å². The maximum Gasteiger partial charge on any atom is 0.138 e. The summed E-state index contributed by atoms with van der Waals surface area (Å²) in [5.41, 5.74) is 0. The second kappa shape index (κ2) is 4.27. The molecule has 0 aliphatic rings. The lowest BCUT2D eigenvalue weighted by atomic mass is 10.2. The first-order valence-corrected chi connectivity index (χ1v) is 4.89. The van der Waals surface area contributed by atoms with Gasteiger partial charge in [0.15, 0.2) is 0 Å². The number of hydrogen-bond acceptors (Lipinski definition) is 4. The molecule has 5 nitrogen and oxygen atoms in total. The van der Waals surface area contributed by atoms with Gasteiger partial charge in [-0.05, 0) is 26.0 Å². The Kier molecular flexibility index (Phi) is 2.82. The quantitative estimate of drug-likeness (QED) is 0.796. The van der Waals surface area contributed by atoms with Gasteiger partial charge in [0, 0.05) is 0 Å². The highest BCUT2D eigenvalue weighted by Gasteiger charge is 2.08. The Labute approximate surface area is 87.9 Å². The van der Waals surface area contributed by atoms with E-state index in [1.54, 1.807) is 0 Å². The molecule has 0 amide bonds. The van der Waals surface area contributed by atoms with Crippen molar-refractivity contribution in [1.29, 1.82) is 0 Å². The Morgan fingerprint density at radius 3 is 3.00 bits per heavy atom. The lowest BCUT2D eigenvalue weighted by Crippen LogP contribution is -2.18. The summed E-state index contributed by atoms with van der Waals surface area (Å²) in [4.78, 5) is 4.03. The van der Waals surface area contributed by atoms with E-state index in [0.29, 0.717) is 6.54 Å². The standard InChI is InChI=1S/C10H14N4O/c1-7-3-4-9(15-7)8(2)11-5-10-12-6-13-14-10/h3-4,6,8,11H,5H2,1-2H3,(H,12,13,14). The molecule has 5 heteroatoms. The highest BCUT2D eigenvalue weighted by atomic mass is 16.3. The van der Waals surface area contributed by atoms with Crippen LogP contribution in [-0.4, -0.2) is 15.2 Å². The van der Waals surface area contributed by atoms with E-state index < -0.39 is 0 Å². The van der Waals surface area contributed by atoms with Crippen LogP contribution >= 0.6 is 0 Å². The molecule has 15 heavy (non-hydrogen) atoms. The molecule has 2 rings (SSSR count). The summed E-state index contributed by atoms with van der Waals surface area (Å²) in [6.07, 6.45) is 1.50. The van der Waals surface area contributed by atoms with Gasteiger partial charge >= 0.3 is 0 Å². The number of nitrogens with one attached hydrogen (secondary N) is 2. The molecule has 1 unspecified atom stereocenters. The molecule has 0 spiro atoms. The minimum Gasteiger partial charge on any atom is -0.465 e. The van der Waals surface area contributed by atoms with Gasteiger partial charge in [-0.25, -0.2) is 4.98 Å². The maximum absolute atomic E-state index is 5.51. The third-order valence-electron chi connectivity index (χ3n) is 2.23. The molecule has 2 N–H and O–H groups in total. The third kappa shape index (κ3) is 2.44. The fourth-order valence-corrected chi connectivity index (χ4v) is 1.35. The van der Waals surface area contributed by atoms with Crippen LogP contribution < -0.4 is 5.32 Å². The van der Waals surface area contributed by atoms with Gasteiger partial charge in [-0.1, -0.05) is 0 Å². The molecular formula is C10H14N4O. The summed E-state index contributed by atoms with van der Waals surface area (Å²) in [5.74, 6) is 2.69. The van der Waals surface area contributed by atoms with Crippen molar-refractivity contribution in [3.8, 4) is 0 Å². The first-order valence-electron chi connectivity index (χ1n) is 4.89. The summed E-state index contributed by atoms with van der Waals surface area (Å²) >= 11 is 0. The molecule has 0 aliphatic carbocycles. The van der Waals surface area contributed by atoms with Gasteiger partial charge in [-0.3, -0.25) is 5.10 Å². The predicted octanol–water partition coefficient (Wildman–Crippen LogP) is 1.56. The average Bonchev–Trinajstić information content (AvgIpc) is 2.84. The van der Waals surface area contributed by atoms with E-state index in [-0.39, 0.29) is 6.04 Å². The molecule has 1 atom stereocenters. The van der Waals surface area contributed by atoms with E-state index in [9.17, 15) is 0 Å². The summed E-state index contributed by atoms with van der Waals surface area (Å²) in [6.45, 7) is 4.64. The van der Waals surface area contributed by atoms with Crippen molar-refractivity contribution in [3.63, 3.8) is 0 Å². The Balaban J connectivity index is 1.90. The van der Waals surface area contributed by atoms with Gasteiger partial charge < -0.3 is 9.73 Å². The van der Waals surface area contributed by atoms with Crippen molar-refractivity contribution < 1.29 is 4.42 Å². The number of H-pyrrole nitrogens is 1. The van der Waals surface area contributed by atoms with Crippen LogP contribution in [0.15, 0.2) is 22.9 Å². The van der Waals surface area contributed by atoms with Crippen molar-refractivity contribution in [3.05, 3.63) is 35.8 Å². The highest BCUT2D eigenvalue weighted by molar-refractivity contribution is 5.08. The minimum atomic E-state index is 0.170. The van der Waals surface area contributed by atoms with Crippen molar-refractivity contribution in [2.75, 3.05) is 0 Å².